The van der Waals surface area contributed by atoms with E-state index in [1.807, 2.05) is 30.0 Å². The maximum absolute atomic E-state index is 13.0. The molecule has 0 radical (unpaired) electrons. The number of ketones is 1. The number of piperazine rings is 1. The molecule has 2 aliphatic heterocycles. The van der Waals surface area contributed by atoms with Crippen LogP contribution in [0.4, 0.5) is 0 Å². The number of pyridine rings is 1. The Morgan fingerprint density at radius 2 is 2.28 bits per heavy atom. The summed E-state index contributed by atoms with van der Waals surface area (Å²) >= 11 is 0. The van der Waals surface area contributed by atoms with Crippen molar-refractivity contribution >= 4 is 22.9 Å². The van der Waals surface area contributed by atoms with Gasteiger partial charge in [-0.15, -0.1) is 0 Å². The third-order valence-corrected chi connectivity index (χ3v) is 5.49. The van der Waals surface area contributed by atoms with Gasteiger partial charge in [-0.3, -0.25) is 14.8 Å². The molecule has 5 rings (SSSR count). The van der Waals surface area contributed by atoms with Crippen LogP contribution in [0.3, 0.4) is 0 Å². The largest absolute Gasteiger partial charge is 0.452 e. The standard InChI is InChI=1S/C21H21N5O3/c1-12-4-5-14-19(28)17(9-16-13-3-2-6-23-21(13)25-24-16)29-20(14)15(12)11-26-8-7-22-10-18(26)27/h2-6,9,18,22,27H,7-8,10-11H2,1H3,(H,23,24,25)/b17-9-. The van der Waals surface area contributed by atoms with Crippen molar-refractivity contribution < 1.29 is 14.6 Å². The second kappa shape index (κ2) is 7.07. The van der Waals surface area contributed by atoms with Crippen molar-refractivity contribution in [3.8, 4) is 5.75 Å². The number of aliphatic hydroxyl groups is 1. The number of carbonyl (C=O) groups is 1. The lowest BCUT2D eigenvalue weighted by molar-refractivity contribution is -0.0184. The zero-order valence-corrected chi connectivity index (χ0v) is 16.0. The number of nitrogens with one attached hydrogen (secondary N) is 2. The lowest BCUT2D eigenvalue weighted by atomic mass is 10.0. The van der Waals surface area contributed by atoms with E-state index in [-0.39, 0.29) is 11.5 Å². The van der Waals surface area contributed by atoms with E-state index in [1.165, 1.54) is 0 Å². The number of ether oxygens (including phenoxy) is 1. The summed E-state index contributed by atoms with van der Waals surface area (Å²) in [6.45, 7) is 4.59. The highest BCUT2D eigenvalue weighted by Gasteiger charge is 2.32. The summed E-state index contributed by atoms with van der Waals surface area (Å²) < 4.78 is 6.04. The number of H-pyrrole nitrogens is 1. The van der Waals surface area contributed by atoms with E-state index in [2.05, 4.69) is 20.5 Å². The van der Waals surface area contributed by atoms with Gasteiger partial charge in [0, 0.05) is 49.4 Å². The van der Waals surface area contributed by atoms with Crippen molar-refractivity contribution in [2.45, 2.75) is 19.7 Å². The highest BCUT2D eigenvalue weighted by molar-refractivity contribution is 6.15. The number of aliphatic hydroxyl groups excluding tert-OH is 1. The predicted octanol–water partition coefficient (Wildman–Crippen LogP) is 1.61. The third kappa shape index (κ3) is 3.11. The third-order valence-electron chi connectivity index (χ3n) is 5.49. The first-order valence-corrected chi connectivity index (χ1v) is 9.60. The van der Waals surface area contributed by atoms with Gasteiger partial charge >= 0.3 is 0 Å². The number of allylic oxidation sites excluding steroid dienone is 1. The minimum atomic E-state index is -0.561. The maximum Gasteiger partial charge on any atom is 0.232 e. The summed E-state index contributed by atoms with van der Waals surface area (Å²) in [5.41, 5.74) is 3.76. The Balaban J connectivity index is 1.50. The summed E-state index contributed by atoms with van der Waals surface area (Å²) in [5.74, 6) is 0.650. The number of nitrogens with zero attached hydrogens (tertiary/aromatic N) is 3. The van der Waals surface area contributed by atoms with Gasteiger partial charge < -0.3 is 15.2 Å². The quantitative estimate of drug-likeness (QED) is 0.583. The fourth-order valence-corrected chi connectivity index (χ4v) is 3.83. The number of rotatable bonds is 3. The molecule has 1 unspecified atom stereocenters. The van der Waals surface area contributed by atoms with Gasteiger partial charge in [-0.25, -0.2) is 4.98 Å². The molecule has 3 aromatic rings. The first kappa shape index (κ1) is 18.0. The van der Waals surface area contributed by atoms with E-state index in [9.17, 15) is 9.90 Å². The Labute approximate surface area is 167 Å². The molecule has 8 nitrogen and oxygen atoms in total. The minimum Gasteiger partial charge on any atom is -0.452 e. The van der Waals surface area contributed by atoms with Crippen LogP contribution in [0.5, 0.6) is 5.75 Å². The summed E-state index contributed by atoms with van der Waals surface area (Å²) in [5, 5.41) is 21.4. The van der Waals surface area contributed by atoms with Crippen molar-refractivity contribution in [2.75, 3.05) is 19.6 Å². The molecule has 0 bridgehead atoms. The van der Waals surface area contributed by atoms with Gasteiger partial charge in [-0.2, -0.15) is 5.10 Å². The van der Waals surface area contributed by atoms with Crippen LogP contribution in [0.2, 0.25) is 0 Å². The molecule has 1 atom stereocenters. The summed E-state index contributed by atoms with van der Waals surface area (Å²) in [6, 6.07) is 7.45. The number of fused-ring (bicyclic) bond motifs is 2. The molecule has 0 aliphatic carbocycles. The number of aromatic nitrogens is 3. The Morgan fingerprint density at radius 1 is 1.38 bits per heavy atom. The van der Waals surface area contributed by atoms with E-state index in [0.29, 0.717) is 35.7 Å². The second-order valence-corrected chi connectivity index (χ2v) is 7.34. The van der Waals surface area contributed by atoms with Crippen molar-refractivity contribution in [2.24, 2.45) is 0 Å². The summed E-state index contributed by atoms with van der Waals surface area (Å²) in [6.07, 6.45) is 2.78. The molecule has 3 N–H and O–H groups in total. The Kier molecular flexibility index (Phi) is 4.39. The molecule has 2 aliphatic rings. The van der Waals surface area contributed by atoms with Crippen LogP contribution in [0.25, 0.3) is 17.1 Å². The number of hydrogen-bond donors (Lipinski definition) is 3. The van der Waals surface area contributed by atoms with Gasteiger partial charge in [0.15, 0.2) is 11.4 Å². The lowest BCUT2D eigenvalue weighted by Crippen LogP contribution is -2.50. The number of Topliss-reactive ketones (excluding diaryl/α,β-unsaturated/α-hetero) is 1. The number of hydrogen-bond acceptors (Lipinski definition) is 7. The number of benzene rings is 1. The topological polar surface area (TPSA) is 103 Å². The van der Waals surface area contributed by atoms with Crippen LogP contribution in [0.15, 0.2) is 36.2 Å². The van der Waals surface area contributed by atoms with Gasteiger partial charge in [0.1, 0.15) is 12.0 Å². The molecule has 1 fully saturated rings. The first-order chi connectivity index (χ1) is 14.1. The van der Waals surface area contributed by atoms with Gasteiger partial charge in [-0.05, 0) is 30.7 Å². The van der Waals surface area contributed by atoms with Gasteiger partial charge in [-0.1, -0.05) is 6.07 Å². The highest BCUT2D eigenvalue weighted by Crippen LogP contribution is 2.38. The Hall–Kier alpha value is -3.07. The lowest BCUT2D eigenvalue weighted by Gasteiger charge is -2.33. The summed E-state index contributed by atoms with van der Waals surface area (Å²) in [4.78, 5) is 19.2. The van der Waals surface area contributed by atoms with Crippen molar-refractivity contribution in [1.82, 2.24) is 25.4 Å². The molecule has 0 saturated carbocycles. The SMILES string of the molecule is Cc1ccc2c(c1CN1CCNCC1O)O/C(=C\c1n[nH]c3ncccc13)C2=O. The molecule has 29 heavy (non-hydrogen) atoms. The van der Waals surface area contributed by atoms with Crippen LogP contribution < -0.4 is 10.1 Å². The number of aromatic amines is 1. The first-order valence-electron chi connectivity index (χ1n) is 9.60. The van der Waals surface area contributed by atoms with Crippen LogP contribution in [-0.2, 0) is 6.54 Å². The van der Waals surface area contributed by atoms with Crippen LogP contribution in [0, 0.1) is 6.92 Å². The molecular weight excluding hydrogens is 370 g/mol. The highest BCUT2D eigenvalue weighted by atomic mass is 16.5. The Morgan fingerprint density at radius 3 is 3.14 bits per heavy atom. The monoisotopic (exact) mass is 391 g/mol. The Bertz CT molecular complexity index is 1140. The predicted molar refractivity (Wildman–Crippen MR) is 107 cm³/mol. The van der Waals surface area contributed by atoms with Gasteiger partial charge in [0.25, 0.3) is 0 Å². The van der Waals surface area contributed by atoms with E-state index in [4.69, 9.17) is 4.74 Å². The fourth-order valence-electron chi connectivity index (χ4n) is 3.83. The average Bonchev–Trinajstić information content (AvgIpc) is 3.28. The minimum absolute atomic E-state index is 0.165. The van der Waals surface area contributed by atoms with E-state index < -0.39 is 6.23 Å². The van der Waals surface area contributed by atoms with Crippen LogP contribution in [-0.4, -0.2) is 56.8 Å². The molecule has 0 spiro atoms. The smallest absolute Gasteiger partial charge is 0.232 e. The number of carbonyl (C=O) groups excluding carboxylic acids is 1. The molecular formula is C21H21N5O3. The zero-order valence-electron chi connectivity index (χ0n) is 16.0. The van der Waals surface area contributed by atoms with Gasteiger partial charge in [0.2, 0.25) is 5.78 Å². The van der Waals surface area contributed by atoms with Crippen LogP contribution >= 0.6 is 0 Å². The molecule has 4 heterocycles. The molecule has 1 saturated heterocycles. The van der Waals surface area contributed by atoms with E-state index in [0.717, 1.165) is 29.6 Å². The normalized spacial score (nSPS) is 21.0. The van der Waals surface area contributed by atoms with E-state index >= 15 is 0 Å². The zero-order chi connectivity index (χ0) is 20.0. The molecule has 0 amide bonds. The number of β-amino-alcohol motifs (C(OH)–C–C–N with tert-alkyl or cyclic N) is 1. The maximum atomic E-state index is 13.0. The van der Waals surface area contributed by atoms with Crippen molar-refractivity contribution in [3.63, 3.8) is 0 Å². The summed E-state index contributed by atoms with van der Waals surface area (Å²) in [7, 11) is 0. The van der Waals surface area contributed by atoms with Crippen molar-refractivity contribution in [3.05, 3.63) is 58.6 Å². The molecule has 8 heteroatoms. The average molecular weight is 391 g/mol. The second-order valence-electron chi connectivity index (χ2n) is 7.34. The van der Waals surface area contributed by atoms with Gasteiger partial charge in [0.05, 0.1) is 11.3 Å². The van der Waals surface area contributed by atoms with E-state index in [1.54, 1.807) is 18.3 Å². The fraction of sp³-hybridized carbons (Fsp3) is 0.286. The molecule has 2 aromatic heterocycles. The van der Waals surface area contributed by atoms with Crippen LogP contribution in [0.1, 0.15) is 27.2 Å². The number of aryl methyl sites for hydroxylation is 1. The molecule has 148 valence electrons. The van der Waals surface area contributed by atoms with Crippen molar-refractivity contribution in [1.29, 1.82) is 0 Å². The molecule has 1 aromatic carbocycles.